The molecule has 6 N–H and O–H groups in total. The van der Waals surface area contributed by atoms with Crippen LogP contribution in [0.2, 0.25) is 0 Å². The molecule has 1 amide bonds. The van der Waals surface area contributed by atoms with E-state index in [9.17, 15) is 13.6 Å². The lowest BCUT2D eigenvalue weighted by Gasteiger charge is -2.28. The monoisotopic (exact) mass is 449 g/mol. The molecule has 0 spiro atoms. The van der Waals surface area contributed by atoms with Gasteiger partial charge < -0.3 is 27.1 Å². The van der Waals surface area contributed by atoms with Gasteiger partial charge in [0.25, 0.3) is 5.91 Å². The van der Waals surface area contributed by atoms with Crippen LogP contribution in [0.5, 0.6) is 0 Å². The fourth-order valence-electron chi connectivity index (χ4n) is 3.43. The van der Waals surface area contributed by atoms with Gasteiger partial charge in [0.2, 0.25) is 0 Å². The number of amidine groups is 1. The molecule has 1 aliphatic heterocycles. The third kappa shape index (κ3) is 5.05. The number of carbonyl (C=O) groups is 1. The average molecular weight is 450 g/mol. The summed E-state index contributed by atoms with van der Waals surface area (Å²) < 4.78 is 28.0. The number of nitrogens with two attached hydrogens (primary N) is 2. The van der Waals surface area contributed by atoms with Crippen LogP contribution < -0.4 is 16.8 Å². The molecule has 1 fully saturated rings. The quantitative estimate of drug-likeness (QED) is 0.410. The molecule has 1 aliphatic rings. The van der Waals surface area contributed by atoms with Crippen molar-refractivity contribution in [2.45, 2.75) is 31.1 Å². The van der Waals surface area contributed by atoms with E-state index < -0.39 is 30.0 Å². The molecule has 31 heavy (non-hydrogen) atoms. The normalized spacial score (nSPS) is 20.8. The van der Waals surface area contributed by atoms with E-state index in [2.05, 4.69) is 15.3 Å². The van der Waals surface area contributed by atoms with Crippen LogP contribution in [0.3, 0.4) is 0 Å². The number of likely N-dealkylation sites (tertiary alicyclic amines) is 1. The van der Waals surface area contributed by atoms with Crippen LogP contribution in [0.15, 0.2) is 29.3 Å². The molecule has 0 radical (unpaired) electrons. The summed E-state index contributed by atoms with van der Waals surface area (Å²) in [6, 6.07) is 4.67. The molecule has 3 atom stereocenters. The summed E-state index contributed by atoms with van der Waals surface area (Å²) in [5.74, 6) is -0.653. The van der Waals surface area contributed by atoms with Gasteiger partial charge in [-0.05, 0) is 25.0 Å². The fourth-order valence-corrected chi connectivity index (χ4v) is 4.29. The third-order valence-corrected chi connectivity index (χ3v) is 6.05. The van der Waals surface area contributed by atoms with Gasteiger partial charge >= 0.3 is 0 Å². The molecular weight excluding hydrogens is 424 g/mol. The molecule has 166 valence electrons. The number of amides is 1. The zero-order valence-corrected chi connectivity index (χ0v) is 17.8. The Balaban J connectivity index is 1.78. The van der Waals surface area contributed by atoms with Crippen LogP contribution in [0.1, 0.15) is 23.3 Å². The molecule has 0 saturated carbocycles. The Morgan fingerprint density at radius 1 is 1.42 bits per heavy atom. The SMILES string of the molecule is CN=C(C(C=N)NC(=O)c1nc(-c2ccccc2F)sc1N)N1CC[C@@H](N)[C@H](F)CC1. The summed E-state index contributed by atoms with van der Waals surface area (Å²) in [6.07, 6.45) is 0.606. The maximum Gasteiger partial charge on any atom is 0.273 e. The lowest BCUT2D eigenvalue weighted by molar-refractivity contribution is 0.0949. The van der Waals surface area contributed by atoms with E-state index in [4.69, 9.17) is 16.9 Å². The lowest BCUT2D eigenvalue weighted by Crippen LogP contribution is -2.50. The van der Waals surface area contributed by atoms with Gasteiger partial charge in [0, 0.05) is 38.0 Å². The van der Waals surface area contributed by atoms with Gasteiger partial charge in [-0.15, -0.1) is 0 Å². The molecule has 3 rings (SSSR count). The second-order valence-electron chi connectivity index (χ2n) is 7.16. The number of nitrogen functional groups attached to an aromatic ring is 1. The number of nitrogens with one attached hydrogen (secondary N) is 2. The van der Waals surface area contributed by atoms with Crippen molar-refractivity contribution < 1.29 is 13.6 Å². The standard InChI is InChI=1S/C20H25F2N7OS/c1-26-18(29-8-6-13(22)14(24)7-9-29)15(10-23)27-19(30)16-17(25)31-20(28-16)11-4-2-3-5-12(11)21/h2-5,10,13-15,23H,6-9,24-25H2,1H3,(H,27,30)/t13-,14-,15?/m1/s1. The molecule has 8 nitrogen and oxygen atoms in total. The Kier molecular flexibility index (Phi) is 7.29. The second kappa shape index (κ2) is 9.92. The zero-order chi connectivity index (χ0) is 22.5. The predicted molar refractivity (Wildman–Crippen MR) is 119 cm³/mol. The number of aliphatic imine (C=N–C) groups is 1. The highest BCUT2D eigenvalue weighted by Gasteiger charge is 2.29. The number of aromatic nitrogens is 1. The molecule has 2 heterocycles. The van der Waals surface area contributed by atoms with Crippen molar-refractivity contribution in [2.75, 3.05) is 25.9 Å². The largest absolute Gasteiger partial charge is 0.389 e. The van der Waals surface area contributed by atoms with Gasteiger partial charge in [-0.3, -0.25) is 9.79 Å². The number of hydrogen-bond donors (Lipinski definition) is 4. The minimum atomic E-state index is -1.11. The number of nitrogens with zero attached hydrogens (tertiary/aromatic N) is 3. The number of rotatable bonds is 5. The molecule has 1 saturated heterocycles. The highest BCUT2D eigenvalue weighted by atomic mass is 32.1. The fraction of sp³-hybridized carbons (Fsp3) is 0.400. The van der Waals surface area contributed by atoms with Crippen LogP contribution in [-0.2, 0) is 0 Å². The van der Waals surface area contributed by atoms with Gasteiger partial charge in [0.1, 0.15) is 33.9 Å². The Morgan fingerprint density at radius 2 is 2.13 bits per heavy atom. The summed E-state index contributed by atoms with van der Waals surface area (Å²) in [7, 11) is 1.54. The number of halogens is 2. The summed E-state index contributed by atoms with van der Waals surface area (Å²) in [5, 5.41) is 10.9. The molecule has 1 unspecified atom stereocenters. The number of alkyl halides is 1. The van der Waals surface area contributed by atoms with Crippen molar-refractivity contribution in [1.29, 1.82) is 5.41 Å². The van der Waals surface area contributed by atoms with Crippen LogP contribution in [0.4, 0.5) is 13.8 Å². The van der Waals surface area contributed by atoms with Gasteiger partial charge in [-0.1, -0.05) is 23.5 Å². The van der Waals surface area contributed by atoms with Crippen molar-refractivity contribution in [3.8, 4) is 10.6 Å². The molecule has 1 aromatic heterocycles. The summed E-state index contributed by atoms with van der Waals surface area (Å²) >= 11 is 1.00. The highest BCUT2D eigenvalue weighted by Crippen LogP contribution is 2.31. The predicted octanol–water partition coefficient (Wildman–Crippen LogP) is 2.07. The molecule has 11 heteroatoms. The van der Waals surface area contributed by atoms with Crippen molar-refractivity contribution in [2.24, 2.45) is 10.7 Å². The van der Waals surface area contributed by atoms with E-state index in [1.165, 1.54) is 6.07 Å². The van der Waals surface area contributed by atoms with Gasteiger partial charge in [0.05, 0.1) is 0 Å². The van der Waals surface area contributed by atoms with E-state index in [0.29, 0.717) is 25.3 Å². The molecule has 1 aromatic carbocycles. The van der Waals surface area contributed by atoms with Crippen LogP contribution in [0, 0.1) is 11.2 Å². The number of anilines is 1. The highest BCUT2D eigenvalue weighted by molar-refractivity contribution is 7.19. The van der Waals surface area contributed by atoms with Crippen LogP contribution >= 0.6 is 11.3 Å². The van der Waals surface area contributed by atoms with Crippen LogP contribution in [0.25, 0.3) is 10.6 Å². The van der Waals surface area contributed by atoms with Crippen molar-refractivity contribution in [3.63, 3.8) is 0 Å². The first kappa shape index (κ1) is 22.8. The van der Waals surface area contributed by atoms with Crippen molar-refractivity contribution >= 4 is 34.3 Å². The van der Waals surface area contributed by atoms with Gasteiger partial charge in [-0.25, -0.2) is 13.8 Å². The topological polar surface area (TPSA) is 133 Å². The summed E-state index contributed by atoms with van der Waals surface area (Å²) in [4.78, 5) is 23.1. The summed E-state index contributed by atoms with van der Waals surface area (Å²) in [5.41, 5.74) is 12.0. The minimum Gasteiger partial charge on any atom is -0.389 e. The van der Waals surface area contributed by atoms with E-state index in [1.807, 2.05) is 4.90 Å². The Bertz CT molecular complexity index is 968. The van der Waals surface area contributed by atoms with E-state index in [0.717, 1.165) is 17.6 Å². The smallest absolute Gasteiger partial charge is 0.273 e. The van der Waals surface area contributed by atoms with Crippen LogP contribution in [-0.4, -0.2) is 66.2 Å². The van der Waals surface area contributed by atoms with Crippen molar-refractivity contribution in [3.05, 3.63) is 35.8 Å². The number of carbonyl (C=O) groups excluding carboxylic acids is 1. The van der Waals surface area contributed by atoms with E-state index in [1.54, 1.807) is 25.2 Å². The first-order valence-corrected chi connectivity index (χ1v) is 10.6. The maximum atomic E-state index is 14.1. The zero-order valence-electron chi connectivity index (χ0n) is 17.0. The average Bonchev–Trinajstić information content (AvgIpc) is 3.07. The van der Waals surface area contributed by atoms with E-state index >= 15 is 0 Å². The van der Waals surface area contributed by atoms with Gasteiger partial charge in [0.15, 0.2) is 5.69 Å². The number of thiazole rings is 1. The first-order chi connectivity index (χ1) is 14.8. The van der Waals surface area contributed by atoms with Gasteiger partial charge in [-0.2, -0.15) is 0 Å². The Hall–Kier alpha value is -2.92. The molecule has 0 aliphatic carbocycles. The number of hydrogen-bond acceptors (Lipinski definition) is 7. The lowest BCUT2D eigenvalue weighted by atomic mass is 10.1. The molecule has 2 aromatic rings. The van der Waals surface area contributed by atoms with E-state index in [-0.39, 0.29) is 27.7 Å². The number of benzene rings is 1. The third-order valence-electron chi connectivity index (χ3n) is 5.13. The Morgan fingerprint density at radius 3 is 2.81 bits per heavy atom. The minimum absolute atomic E-state index is 0.0488. The summed E-state index contributed by atoms with van der Waals surface area (Å²) in [6.45, 7) is 0.836. The maximum absolute atomic E-state index is 14.1. The molecule has 0 bridgehead atoms. The second-order valence-corrected chi connectivity index (χ2v) is 8.19. The Labute approximate surface area is 182 Å². The molecular formula is C20H25F2N7OS. The van der Waals surface area contributed by atoms with Crippen molar-refractivity contribution in [1.82, 2.24) is 15.2 Å². The first-order valence-electron chi connectivity index (χ1n) is 9.79.